The van der Waals surface area contributed by atoms with Crippen molar-refractivity contribution in [2.75, 3.05) is 6.54 Å². The molecule has 1 aliphatic heterocycles. The third kappa shape index (κ3) is 2.94. The SMILES string of the molecule is C[C@@H]1[C@H](C(=O)O)CCCN1C(=O)c1cccc(-c2ncn[nH]2)c1. The summed E-state index contributed by atoms with van der Waals surface area (Å²) in [4.78, 5) is 29.8. The Labute approximate surface area is 133 Å². The first-order valence-electron chi connectivity index (χ1n) is 7.57. The van der Waals surface area contributed by atoms with Gasteiger partial charge in [-0.25, -0.2) is 4.98 Å². The van der Waals surface area contributed by atoms with Gasteiger partial charge in [0.25, 0.3) is 5.91 Å². The van der Waals surface area contributed by atoms with E-state index in [4.69, 9.17) is 0 Å². The van der Waals surface area contributed by atoms with Crippen molar-refractivity contribution < 1.29 is 14.7 Å². The maximum atomic E-state index is 12.8. The summed E-state index contributed by atoms with van der Waals surface area (Å²) in [6.07, 6.45) is 2.72. The summed E-state index contributed by atoms with van der Waals surface area (Å²) in [5, 5.41) is 15.9. The Kier molecular flexibility index (Phi) is 4.10. The van der Waals surface area contributed by atoms with E-state index in [1.54, 1.807) is 30.0 Å². The van der Waals surface area contributed by atoms with Crippen molar-refractivity contribution in [1.29, 1.82) is 0 Å². The predicted molar refractivity (Wildman–Crippen MR) is 82.7 cm³/mol. The van der Waals surface area contributed by atoms with Crippen LogP contribution in [0, 0.1) is 5.92 Å². The van der Waals surface area contributed by atoms with Gasteiger partial charge in [0.15, 0.2) is 5.82 Å². The van der Waals surface area contributed by atoms with Gasteiger partial charge < -0.3 is 10.0 Å². The van der Waals surface area contributed by atoms with Crippen LogP contribution >= 0.6 is 0 Å². The van der Waals surface area contributed by atoms with Crippen molar-refractivity contribution >= 4 is 11.9 Å². The maximum Gasteiger partial charge on any atom is 0.308 e. The quantitative estimate of drug-likeness (QED) is 0.900. The fourth-order valence-corrected chi connectivity index (χ4v) is 3.07. The molecule has 7 nitrogen and oxygen atoms in total. The summed E-state index contributed by atoms with van der Waals surface area (Å²) in [7, 11) is 0. The Morgan fingerprint density at radius 2 is 2.22 bits per heavy atom. The zero-order valence-electron chi connectivity index (χ0n) is 12.8. The van der Waals surface area contributed by atoms with Crippen LogP contribution in [0.25, 0.3) is 11.4 Å². The van der Waals surface area contributed by atoms with Crippen molar-refractivity contribution in [2.45, 2.75) is 25.8 Å². The number of aliphatic carboxylic acids is 1. The van der Waals surface area contributed by atoms with Gasteiger partial charge in [0.05, 0.1) is 5.92 Å². The Morgan fingerprint density at radius 1 is 1.39 bits per heavy atom. The second-order valence-corrected chi connectivity index (χ2v) is 5.74. The lowest BCUT2D eigenvalue weighted by atomic mass is 9.89. The van der Waals surface area contributed by atoms with Crippen LogP contribution in [0.5, 0.6) is 0 Å². The molecule has 2 N–H and O–H groups in total. The van der Waals surface area contributed by atoms with E-state index < -0.39 is 11.9 Å². The van der Waals surface area contributed by atoms with Crippen molar-refractivity contribution in [2.24, 2.45) is 5.92 Å². The van der Waals surface area contributed by atoms with Gasteiger partial charge in [-0.15, -0.1) is 0 Å². The number of nitrogens with zero attached hydrogens (tertiary/aromatic N) is 3. The minimum atomic E-state index is -0.842. The largest absolute Gasteiger partial charge is 0.481 e. The van der Waals surface area contributed by atoms with Gasteiger partial charge in [-0.3, -0.25) is 14.7 Å². The molecule has 0 unspecified atom stereocenters. The van der Waals surface area contributed by atoms with Gasteiger partial charge in [0, 0.05) is 23.7 Å². The summed E-state index contributed by atoms with van der Waals surface area (Å²) in [5.74, 6) is -0.907. The highest BCUT2D eigenvalue weighted by atomic mass is 16.4. The second-order valence-electron chi connectivity index (χ2n) is 5.74. The highest BCUT2D eigenvalue weighted by Gasteiger charge is 2.35. The molecule has 1 aliphatic rings. The molecule has 2 aromatic rings. The average molecular weight is 314 g/mol. The van der Waals surface area contributed by atoms with Gasteiger partial charge in [0.1, 0.15) is 6.33 Å². The Hall–Kier alpha value is -2.70. The Bertz CT molecular complexity index is 714. The number of nitrogens with one attached hydrogen (secondary N) is 1. The fourth-order valence-electron chi connectivity index (χ4n) is 3.07. The number of carboxylic acid groups (broad SMARTS) is 1. The molecule has 1 amide bonds. The van der Waals surface area contributed by atoms with Gasteiger partial charge in [-0.05, 0) is 31.9 Å². The van der Waals surface area contributed by atoms with Crippen molar-refractivity contribution in [3.63, 3.8) is 0 Å². The first-order chi connectivity index (χ1) is 11.1. The number of hydrogen-bond donors (Lipinski definition) is 2. The summed E-state index contributed by atoms with van der Waals surface area (Å²) in [6.45, 7) is 2.38. The molecule has 23 heavy (non-hydrogen) atoms. The molecule has 1 aromatic carbocycles. The minimum absolute atomic E-state index is 0.148. The Morgan fingerprint density at radius 3 is 2.91 bits per heavy atom. The number of piperidine rings is 1. The second kappa shape index (κ2) is 6.20. The van der Waals surface area contributed by atoms with E-state index >= 15 is 0 Å². The summed E-state index contributed by atoms with van der Waals surface area (Å²) in [6, 6.07) is 6.80. The molecule has 0 saturated carbocycles. The number of aromatic nitrogens is 3. The van der Waals surface area contributed by atoms with Crippen LogP contribution in [-0.4, -0.2) is 49.7 Å². The first kappa shape index (κ1) is 15.2. The molecular formula is C16H18N4O3. The third-order valence-electron chi connectivity index (χ3n) is 4.36. The number of aromatic amines is 1. The number of likely N-dealkylation sites (tertiary alicyclic amines) is 1. The molecule has 1 fully saturated rings. The molecule has 2 heterocycles. The van der Waals surface area contributed by atoms with E-state index in [-0.39, 0.29) is 11.9 Å². The lowest BCUT2D eigenvalue weighted by Crippen LogP contribution is -2.49. The fraction of sp³-hybridized carbons (Fsp3) is 0.375. The van der Waals surface area contributed by atoms with E-state index in [1.165, 1.54) is 6.33 Å². The zero-order valence-corrected chi connectivity index (χ0v) is 12.8. The minimum Gasteiger partial charge on any atom is -0.481 e. The number of benzene rings is 1. The smallest absolute Gasteiger partial charge is 0.308 e. The number of carbonyl (C=O) groups is 2. The molecule has 7 heteroatoms. The highest BCUT2D eigenvalue weighted by Crippen LogP contribution is 2.26. The lowest BCUT2D eigenvalue weighted by Gasteiger charge is -2.37. The predicted octanol–water partition coefficient (Wildman–Crippen LogP) is 1.80. The average Bonchev–Trinajstić information content (AvgIpc) is 3.09. The molecule has 0 aliphatic carbocycles. The number of hydrogen-bond acceptors (Lipinski definition) is 4. The number of rotatable bonds is 3. The van der Waals surface area contributed by atoms with Crippen LogP contribution in [0.2, 0.25) is 0 Å². The summed E-state index contributed by atoms with van der Waals surface area (Å²) < 4.78 is 0. The molecule has 2 atom stereocenters. The molecule has 0 bridgehead atoms. The molecule has 3 rings (SSSR count). The zero-order chi connectivity index (χ0) is 16.4. The van der Waals surface area contributed by atoms with Crippen LogP contribution in [-0.2, 0) is 4.79 Å². The van der Waals surface area contributed by atoms with E-state index in [0.29, 0.717) is 30.8 Å². The summed E-state index contributed by atoms with van der Waals surface area (Å²) >= 11 is 0. The third-order valence-corrected chi connectivity index (χ3v) is 4.36. The number of H-pyrrole nitrogens is 1. The molecule has 0 spiro atoms. The number of amides is 1. The van der Waals surface area contributed by atoms with Crippen LogP contribution in [0.3, 0.4) is 0 Å². The molecule has 1 aromatic heterocycles. The normalized spacial score (nSPS) is 21.2. The van der Waals surface area contributed by atoms with Crippen molar-refractivity contribution in [1.82, 2.24) is 20.1 Å². The van der Waals surface area contributed by atoms with Gasteiger partial charge in [0.2, 0.25) is 0 Å². The standard InChI is InChI=1S/C16H18N4O3/c1-10-13(16(22)23)6-3-7-20(10)15(21)12-5-2-4-11(8-12)14-17-9-18-19-14/h2,4-5,8-10,13H,3,6-7H2,1H3,(H,22,23)(H,17,18,19)/t10-,13-/m1/s1. The molecule has 1 saturated heterocycles. The van der Waals surface area contributed by atoms with Gasteiger partial charge in [-0.2, -0.15) is 5.10 Å². The van der Waals surface area contributed by atoms with Crippen LogP contribution < -0.4 is 0 Å². The van der Waals surface area contributed by atoms with E-state index in [1.807, 2.05) is 6.07 Å². The topological polar surface area (TPSA) is 99.2 Å². The highest BCUT2D eigenvalue weighted by molar-refractivity contribution is 5.95. The first-order valence-corrected chi connectivity index (χ1v) is 7.57. The van der Waals surface area contributed by atoms with Crippen molar-refractivity contribution in [3.05, 3.63) is 36.2 Å². The van der Waals surface area contributed by atoms with Crippen LogP contribution in [0.1, 0.15) is 30.1 Å². The monoisotopic (exact) mass is 314 g/mol. The van der Waals surface area contributed by atoms with Crippen LogP contribution in [0.4, 0.5) is 0 Å². The van der Waals surface area contributed by atoms with E-state index in [0.717, 1.165) is 5.56 Å². The van der Waals surface area contributed by atoms with Gasteiger partial charge >= 0.3 is 5.97 Å². The Balaban J connectivity index is 1.85. The van der Waals surface area contributed by atoms with Gasteiger partial charge in [-0.1, -0.05) is 12.1 Å². The van der Waals surface area contributed by atoms with Crippen molar-refractivity contribution in [3.8, 4) is 11.4 Å². The maximum absolute atomic E-state index is 12.8. The van der Waals surface area contributed by atoms with E-state index in [2.05, 4.69) is 15.2 Å². The van der Waals surface area contributed by atoms with Crippen LogP contribution in [0.15, 0.2) is 30.6 Å². The molecular weight excluding hydrogens is 296 g/mol. The number of carboxylic acids is 1. The number of carbonyl (C=O) groups excluding carboxylic acids is 1. The molecule has 0 radical (unpaired) electrons. The van der Waals surface area contributed by atoms with E-state index in [9.17, 15) is 14.7 Å². The summed E-state index contributed by atoms with van der Waals surface area (Å²) in [5.41, 5.74) is 1.30. The molecule has 120 valence electrons. The lowest BCUT2D eigenvalue weighted by molar-refractivity contribution is -0.144.